The number of benzene rings is 2. The minimum atomic E-state index is -4.45. The fraction of sp³-hybridized carbons (Fsp3) is 0.381. The van der Waals surface area contributed by atoms with Gasteiger partial charge in [0.25, 0.3) is 0 Å². The molecule has 1 aliphatic rings. The Kier molecular flexibility index (Phi) is 5.12. The molecular weight excluding hydrogens is 433 g/mol. The van der Waals surface area contributed by atoms with Crippen LogP contribution in [0.15, 0.2) is 51.7 Å². The maximum Gasteiger partial charge on any atom is 0.416 e. The van der Waals surface area contributed by atoms with Crippen molar-refractivity contribution in [2.45, 2.75) is 44.8 Å². The van der Waals surface area contributed by atoms with Gasteiger partial charge in [0.05, 0.1) is 22.3 Å². The van der Waals surface area contributed by atoms with Crippen LogP contribution in [0.25, 0.3) is 16.7 Å². The van der Waals surface area contributed by atoms with Crippen LogP contribution >= 0.6 is 15.9 Å². The average molecular weight is 453 g/mol. The molecule has 1 saturated carbocycles. The highest BCUT2D eigenvalue weighted by atomic mass is 79.9. The second-order valence-corrected chi connectivity index (χ2v) is 8.33. The smallest absolute Gasteiger partial charge is 0.291 e. The Morgan fingerprint density at radius 3 is 2.43 bits per heavy atom. The van der Waals surface area contributed by atoms with E-state index in [0.717, 1.165) is 42.3 Å². The van der Waals surface area contributed by atoms with Gasteiger partial charge >= 0.3 is 11.9 Å². The topological polar surface area (TPSA) is 26.9 Å². The first-order valence-corrected chi connectivity index (χ1v) is 10.2. The van der Waals surface area contributed by atoms with Gasteiger partial charge in [0.15, 0.2) is 0 Å². The lowest BCUT2D eigenvalue weighted by Gasteiger charge is -2.21. The number of hydrogen-bond donors (Lipinski definition) is 0. The van der Waals surface area contributed by atoms with Crippen LogP contribution in [0.3, 0.4) is 0 Å². The summed E-state index contributed by atoms with van der Waals surface area (Å²) in [6.45, 7) is 0.456. The Hall–Kier alpha value is -2.02. The standard InChI is InChI=1S/C21H20BrF3N2O/c22-16-7-4-8-17(12-16)27-18-10-9-15(21(23,24)25)11-19(18)26(20(27)28)13-14-5-2-1-3-6-14/h4,7-12,14H,1-3,5-6,13H2. The van der Waals surface area contributed by atoms with Crippen molar-refractivity contribution in [3.05, 3.63) is 63.0 Å². The van der Waals surface area contributed by atoms with Crippen LogP contribution in [0.1, 0.15) is 37.7 Å². The van der Waals surface area contributed by atoms with Gasteiger partial charge in [-0.25, -0.2) is 4.79 Å². The van der Waals surface area contributed by atoms with Crippen LogP contribution in [0.5, 0.6) is 0 Å². The first-order chi connectivity index (χ1) is 13.3. The molecule has 0 radical (unpaired) electrons. The third-order valence-electron chi connectivity index (χ3n) is 5.49. The summed E-state index contributed by atoms with van der Waals surface area (Å²) in [7, 11) is 0. The summed E-state index contributed by atoms with van der Waals surface area (Å²) in [4.78, 5) is 13.3. The monoisotopic (exact) mass is 452 g/mol. The third kappa shape index (κ3) is 3.64. The Bertz CT molecular complexity index is 1060. The summed E-state index contributed by atoms with van der Waals surface area (Å²) in [5.74, 6) is 0.322. The van der Waals surface area contributed by atoms with Crippen molar-refractivity contribution in [1.29, 1.82) is 0 Å². The summed E-state index contributed by atoms with van der Waals surface area (Å²) < 4.78 is 43.7. The molecule has 7 heteroatoms. The van der Waals surface area contributed by atoms with E-state index < -0.39 is 11.7 Å². The molecule has 0 spiro atoms. The number of aromatic nitrogens is 2. The van der Waals surface area contributed by atoms with Crippen molar-refractivity contribution >= 4 is 27.0 Å². The second-order valence-electron chi connectivity index (χ2n) is 7.41. The van der Waals surface area contributed by atoms with Crippen LogP contribution in [-0.2, 0) is 12.7 Å². The van der Waals surface area contributed by atoms with E-state index in [1.54, 1.807) is 18.2 Å². The largest absolute Gasteiger partial charge is 0.416 e. The molecule has 3 aromatic rings. The number of fused-ring (bicyclic) bond motifs is 1. The fourth-order valence-electron chi connectivity index (χ4n) is 4.10. The maximum atomic E-state index is 13.3. The van der Waals surface area contributed by atoms with Gasteiger partial charge in [-0.1, -0.05) is 41.3 Å². The second kappa shape index (κ2) is 7.43. The predicted molar refractivity (Wildman–Crippen MR) is 107 cm³/mol. The zero-order chi connectivity index (χ0) is 19.9. The molecule has 0 saturated heterocycles. The highest BCUT2D eigenvalue weighted by molar-refractivity contribution is 9.10. The van der Waals surface area contributed by atoms with E-state index >= 15 is 0 Å². The summed E-state index contributed by atoms with van der Waals surface area (Å²) in [6.07, 6.45) is 0.972. The lowest BCUT2D eigenvalue weighted by molar-refractivity contribution is -0.137. The normalized spacial score (nSPS) is 16.0. The van der Waals surface area contributed by atoms with Gasteiger partial charge in [0.2, 0.25) is 0 Å². The van der Waals surface area contributed by atoms with Crippen LogP contribution in [0.2, 0.25) is 0 Å². The molecule has 0 aliphatic heterocycles. The Morgan fingerprint density at radius 1 is 1.00 bits per heavy atom. The van der Waals surface area contributed by atoms with Crippen LogP contribution in [0, 0.1) is 5.92 Å². The van der Waals surface area contributed by atoms with E-state index in [9.17, 15) is 18.0 Å². The molecule has 3 nitrogen and oxygen atoms in total. The van der Waals surface area contributed by atoms with Gasteiger partial charge < -0.3 is 0 Å². The summed E-state index contributed by atoms with van der Waals surface area (Å²) in [6, 6.07) is 10.8. The van der Waals surface area contributed by atoms with E-state index in [-0.39, 0.29) is 5.69 Å². The van der Waals surface area contributed by atoms with Crippen molar-refractivity contribution in [3.63, 3.8) is 0 Å². The van der Waals surface area contributed by atoms with E-state index in [4.69, 9.17) is 0 Å². The minimum absolute atomic E-state index is 0.294. The molecule has 1 aliphatic carbocycles. The van der Waals surface area contributed by atoms with E-state index in [0.29, 0.717) is 29.2 Å². The Morgan fingerprint density at radius 2 is 1.75 bits per heavy atom. The van der Waals surface area contributed by atoms with Crippen LogP contribution < -0.4 is 5.69 Å². The Labute approximate surface area is 168 Å². The molecule has 1 fully saturated rings. The van der Waals surface area contributed by atoms with Gasteiger partial charge in [-0.3, -0.25) is 9.13 Å². The van der Waals surface area contributed by atoms with Crippen LogP contribution in [-0.4, -0.2) is 9.13 Å². The van der Waals surface area contributed by atoms with Crippen LogP contribution in [0.4, 0.5) is 13.2 Å². The molecule has 1 heterocycles. The number of alkyl halides is 3. The van der Waals surface area contributed by atoms with Crippen molar-refractivity contribution < 1.29 is 13.2 Å². The molecule has 2 aromatic carbocycles. The maximum absolute atomic E-state index is 13.3. The highest BCUT2D eigenvalue weighted by Gasteiger charge is 2.31. The molecule has 1 aromatic heterocycles. The number of nitrogens with zero attached hydrogens (tertiary/aromatic N) is 2. The van der Waals surface area contributed by atoms with E-state index in [1.807, 2.05) is 6.07 Å². The lowest BCUT2D eigenvalue weighted by Crippen LogP contribution is -2.27. The summed E-state index contributed by atoms with van der Waals surface area (Å²) in [5, 5.41) is 0. The van der Waals surface area contributed by atoms with Gasteiger partial charge in [0, 0.05) is 11.0 Å². The molecule has 4 rings (SSSR count). The number of halogens is 4. The quantitative estimate of drug-likeness (QED) is 0.467. The SMILES string of the molecule is O=c1n(CC2CCCCC2)c2cc(C(F)(F)F)ccc2n1-c1cccc(Br)c1. The summed E-state index contributed by atoms with van der Waals surface area (Å²) >= 11 is 3.40. The minimum Gasteiger partial charge on any atom is -0.291 e. The predicted octanol–water partition coefficient (Wildman–Crippen LogP) is 6.15. The van der Waals surface area contributed by atoms with Gasteiger partial charge in [-0.05, 0) is 55.2 Å². The van der Waals surface area contributed by atoms with Gasteiger partial charge in [-0.2, -0.15) is 13.2 Å². The highest BCUT2D eigenvalue weighted by Crippen LogP contribution is 2.33. The van der Waals surface area contributed by atoms with Crippen molar-refractivity contribution in [1.82, 2.24) is 9.13 Å². The molecule has 0 amide bonds. The molecular formula is C21H20BrF3N2O. The number of rotatable bonds is 3. The molecule has 0 bridgehead atoms. The first-order valence-electron chi connectivity index (χ1n) is 9.43. The molecule has 0 N–H and O–H groups in total. The van der Waals surface area contributed by atoms with Gasteiger partial charge in [0.1, 0.15) is 0 Å². The van der Waals surface area contributed by atoms with Crippen molar-refractivity contribution in [2.75, 3.05) is 0 Å². The zero-order valence-electron chi connectivity index (χ0n) is 15.2. The zero-order valence-corrected chi connectivity index (χ0v) is 16.8. The molecule has 28 heavy (non-hydrogen) atoms. The van der Waals surface area contributed by atoms with Crippen molar-refractivity contribution in [2.24, 2.45) is 5.92 Å². The molecule has 0 unspecified atom stereocenters. The molecule has 148 valence electrons. The van der Waals surface area contributed by atoms with Crippen molar-refractivity contribution in [3.8, 4) is 5.69 Å². The number of imidazole rings is 1. The first kappa shape index (κ1) is 19.3. The lowest BCUT2D eigenvalue weighted by atomic mass is 9.89. The third-order valence-corrected chi connectivity index (χ3v) is 5.98. The number of hydrogen-bond acceptors (Lipinski definition) is 1. The van der Waals surface area contributed by atoms with E-state index in [2.05, 4.69) is 15.9 Å². The summed E-state index contributed by atoms with van der Waals surface area (Å²) in [5.41, 5.74) is 0.436. The van der Waals surface area contributed by atoms with Gasteiger partial charge in [-0.15, -0.1) is 0 Å². The Balaban J connectivity index is 1.92. The average Bonchev–Trinajstić information content (AvgIpc) is 2.93. The van der Waals surface area contributed by atoms with E-state index in [1.165, 1.54) is 21.6 Å². The fourth-order valence-corrected chi connectivity index (χ4v) is 4.49. The molecule has 0 atom stereocenters.